The predicted octanol–water partition coefficient (Wildman–Crippen LogP) is 0.299. The molecule has 1 heterocycles. The van der Waals surface area contributed by atoms with Crippen molar-refractivity contribution in [1.82, 2.24) is 25.5 Å². The summed E-state index contributed by atoms with van der Waals surface area (Å²) in [5, 5.41) is 22.7. The van der Waals surface area contributed by atoms with Gasteiger partial charge in [-0.1, -0.05) is 31.0 Å². The number of rotatable bonds is 6. The third-order valence-electron chi connectivity index (χ3n) is 3.09. The number of carboxylic acids is 1. The molecular weight excluding hydrogens is 282 g/mol. The average Bonchev–Trinajstić information content (AvgIpc) is 2.84. The van der Waals surface area contributed by atoms with Crippen LogP contribution in [-0.4, -0.2) is 49.0 Å². The molecule has 0 bridgehead atoms. The lowest BCUT2D eigenvalue weighted by Crippen LogP contribution is -2.37. The number of hydrogen-bond acceptors (Lipinski definition) is 6. The zero-order valence-electron chi connectivity index (χ0n) is 11.0. The fourth-order valence-corrected chi connectivity index (χ4v) is 2.86. The molecule has 1 aliphatic rings. The predicted molar refractivity (Wildman–Crippen MR) is 71.2 cm³/mol. The number of aliphatic carboxylic acids is 1. The SMILES string of the molecule is O=C(O)Cn1nnnc1SCC(=O)NC1CCCCC1. The molecule has 0 atom stereocenters. The largest absolute Gasteiger partial charge is 0.480 e. The highest BCUT2D eigenvalue weighted by Crippen LogP contribution is 2.18. The summed E-state index contributed by atoms with van der Waals surface area (Å²) in [6, 6.07) is 0.270. The van der Waals surface area contributed by atoms with Gasteiger partial charge in [-0.2, -0.15) is 0 Å². The number of hydrogen-bond donors (Lipinski definition) is 2. The molecule has 0 unspecified atom stereocenters. The second-order valence-electron chi connectivity index (χ2n) is 4.70. The van der Waals surface area contributed by atoms with Crippen molar-refractivity contribution in [3.8, 4) is 0 Å². The fourth-order valence-electron chi connectivity index (χ4n) is 2.17. The van der Waals surface area contributed by atoms with Gasteiger partial charge in [0.25, 0.3) is 0 Å². The minimum atomic E-state index is -1.02. The third kappa shape index (κ3) is 4.48. The van der Waals surface area contributed by atoms with Crippen LogP contribution in [0, 0.1) is 0 Å². The van der Waals surface area contributed by atoms with E-state index in [-0.39, 0.29) is 24.2 Å². The number of carbonyl (C=O) groups is 2. The second kappa shape index (κ2) is 7.22. The van der Waals surface area contributed by atoms with Crippen LogP contribution in [0.3, 0.4) is 0 Å². The van der Waals surface area contributed by atoms with Gasteiger partial charge in [0.15, 0.2) is 0 Å². The minimum absolute atomic E-state index is 0.0632. The molecule has 0 aromatic carbocycles. The summed E-state index contributed by atoms with van der Waals surface area (Å²) in [6.45, 7) is -0.306. The Morgan fingerprint density at radius 1 is 1.35 bits per heavy atom. The molecule has 0 radical (unpaired) electrons. The van der Waals surface area contributed by atoms with Crippen molar-refractivity contribution < 1.29 is 14.7 Å². The lowest BCUT2D eigenvalue weighted by Gasteiger charge is -2.22. The number of aromatic nitrogens is 4. The number of carbonyl (C=O) groups excluding carboxylic acids is 1. The molecule has 0 saturated heterocycles. The minimum Gasteiger partial charge on any atom is -0.480 e. The van der Waals surface area contributed by atoms with E-state index in [4.69, 9.17) is 5.11 Å². The molecule has 0 spiro atoms. The summed E-state index contributed by atoms with van der Waals surface area (Å²) in [7, 11) is 0. The summed E-state index contributed by atoms with van der Waals surface area (Å²) in [5.74, 6) is -0.895. The van der Waals surface area contributed by atoms with Crippen LogP contribution in [0.25, 0.3) is 0 Å². The molecule has 110 valence electrons. The molecule has 1 aromatic rings. The fraction of sp³-hybridized carbons (Fsp3) is 0.727. The normalized spacial score (nSPS) is 16.0. The van der Waals surface area contributed by atoms with E-state index in [0.29, 0.717) is 5.16 Å². The van der Waals surface area contributed by atoms with Crippen LogP contribution in [0.15, 0.2) is 5.16 Å². The zero-order chi connectivity index (χ0) is 14.4. The Hall–Kier alpha value is -1.64. The van der Waals surface area contributed by atoms with Crippen molar-refractivity contribution in [3.05, 3.63) is 0 Å². The van der Waals surface area contributed by atoms with E-state index >= 15 is 0 Å². The highest BCUT2D eigenvalue weighted by molar-refractivity contribution is 7.99. The van der Waals surface area contributed by atoms with Gasteiger partial charge < -0.3 is 10.4 Å². The summed E-state index contributed by atoms with van der Waals surface area (Å²) in [4.78, 5) is 22.4. The van der Waals surface area contributed by atoms with Crippen molar-refractivity contribution in [2.75, 3.05) is 5.75 Å². The smallest absolute Gasteiger partial charge is 0.325 e. The maximum atomic E-state index is 11.8. The summed E-state index contributed by atoms with van der Waals surface area (Å²) < 4.78 is 1.17. The molecule has 9 heteroatoms. The van der Waals surface area contributed by atoms with Gasteiger partial charge in [-0.15, -0.1) is 5.10 Å². The van der Waals surface area contributed by atoms with Crippen molar-refractivity contribution in [1.29, 1.82) is 0 Å². The number of nitrogens with one attached hydrogen (secondary N) is 1. The highest BCUT2D eigenvalue weighted by Gasteiger charge is 2.17. The van der Waals surface area contributed by atoms with E-state index in [0.717, 1.165) is 37.4 Å². The van der Waals surface area contributed by atoms with E-state index in [1.165, 1.54) is 11.1 Å². The van der Waals surface area contributed by atoms with Crippen molar-refractivity contribution in [2.45, 2.75) is 49.8 Å². The average molecular weight is 299 g/mol. The van der Waals surface area contributed by atoms with Gasteiger partial charge in [0.05, 0.1) is 5.75 Å². The second-order valence-corrected chi connectivity index (χ2v) is 5.65. The molecule has 2 rings (SSSR count). The first-order valence-corrected chi connectivity index (χ1v) is 7.54. The first-order chi connectivity index (χ1) is 9.65. The van der Waals surface area contributed by atoms with Gasteiger partial charge in [-0.25, -0.2) is 4.68 Å². The van der Waals surface area contributed by atoms with E-state index in [1.807, 2.05) is 0 Å². The van der Waals surface area contributed by atoms with Gasteiger partial charge in [-0.3, -0.25) is 9.59 Å². The van der Waals surface area contributed by atoms with Gasteiger partial charge in [0, 0.05) is 6.04 Å². The van der Waals surface area contributed by atoms with Crippen molar-refractivity contribution >= 4 is 23.6 Å². The molecule has 8 nitrogen and oxygen atoms in total. The van der Waals surface area contributed by atoms with Gasteiger partial charge >= 0.3 is 5.97 Å². The van der Waals surface area contributed by atoms with Crippen molar-refractivity contribution in [2.24, 2.45) is 0 Å². The van der Waals surface area contributed by atoms with Crippen LogP contribution in [-0.2, 0) is 16.1 Å². The van der Waals surface area contributed by atoms with Gasteiger partial charge in [0.2, 0.25) is 11.1 Å². The monoisotopic (exact) mass is 299 g/mol. The molecule has 1 aromatic heterocycles. The van der Waals surface area contributed by atoms with Crippen LogP contribution in [0.1, 0.15) is 32.1 Å². The van der Waals surface area contributed by atoms with Crippen molar-refractivity contribution in [3.63, 3.8) is 0 Å². The first-order valence-electron chi connectivity index (χ1n) is 6.55. The molecule has 1 aliphatic carbocycles. The van der Waals surface area contributed by atoms with Crippen LogP contribution < -0.4 is 5.32 Å². The number of amides is 1. The molecule has 1 fully saturated rings. The quantitative estimate of drug-likeness (QED) is 0.727. The number of thioether (sulfide) groups is 1. The molecule has 2 N–H and O–H groups in total. The van der Waals surface area contributed by atoms with Crippen LogP contribution in [0.4, 0.5) is 0 Å². The van der Waals surface area contributed by atoms with Gasteiger partial charge in [0.1, 0.15) is 6.54 Å². The van der Waals surface area contributed by atoms with E-state index in [9.17, 15) is 9.59 Å². The Labute approximate surface area is 120 Å². The molecule has 1 saturated carbocycles. The summed E-state index contributed by atoms with van der Waals surface area (Å²) in [6.07, 6.45) is 5.63. The van der Waals surface area contributed by atoms with Crippen LogP contribution in [0.2, 0.25) is 0 Å². The maximum Gasteiger partial charge on any atom is 0.325 e. The topological polar surface area (TPSA) is 110 Å². The Morgan fingerprint density at radius 2 is 2.10 bits per heavy atom. The van der Waals surface area contributed by atoms with Crippen LogP contribution >= 0.6 is 11.8 Å². The van der Waals surface area contributed by atoms with E-state index in [1.54, 1.807) is 0 Å². The Bertz CT molecular complexity index is 472. The number of carboxylic acid groups (broad SMARTS) is 1. The molecule has 1 amide bonds. The zero-order valence-corrected chi connectivity index (χ0v) is 11.8. The molecule has 20 heavy (non-hydrogen) atoms. The van der Waals surface area contributed by atoms with E-state index < -0.39 is 5.97 Å². The third-order valence-corrected chi connectivity index (χ3v) is 4.04. The van der Waals surface area contributed by atoms with Crippen LogP contribution in [0.5, 0.6) is 0 Å². The lowest BCUT2D eigenvalue weighted by molar-refractivity contribution is -0.138. The van der Waals surface area contributed by atoms with Gasteiger partial charge in [-0.05, 0) is 23.3 Å². The summed E-state index contributed by atoms with van der Waals surface area (Å²) >= 11 is 1.14. The first kappa shape index (κ1) is 14.8. The molecule has 0 aliphatic heterocycles. The Morgan fingerprint density at radius 3 is 2.80 bits per heavy atom. The maximum absolute atomic E-state index is 11.8. The van der Waals surface area contributed by atoms with E-state index in [2.05, 4.69) is 20.8 Å². The molecular formula is C11H17N5O3S. The lowest BCUT2D eigenvalue weighted by atomic mass is 9.95. The number of tetrazole rings is 1. The Kier molecular flexibility index (Phi) is 5.33. The number of nitrogens with zero attached hydrogens (tertiary/aromatic N) is 4. The highest BCUT2D eigenvalue weighted by atomic mass is 32.2. The standard InChI is InChI=1S/C11H17N5O3S/c17-9(12-8-4-2-1-3-5-8)7-20-11-13-14-15-16(11)6-10(18)19/h8H,1-7H2,(H,12,17)(H,18,19). The summed E-state index contributed by atoms with van der Waals surface area (Å²) in [5.41, 5.74) is 0. The Balaban J connectivity index is 1.78.